The van der Waals surface area contributed by atoms with E-state index in [9.17, 15) is 14.4 Å². The third kappa shape index (κ3) is 4.69. The molecule has 0 N–H and O–H groups in total. The van der Waals surface area contributed by atoms with Crippen molar-refractivity contribution < 1.29 is 38.1 Å². The fraction of sp³-hybridized carbons (Fsp3) is 0.800. The molecule has 5 atom stereocenters. The van der Waals surface area contributed by atoms with Crippen molar-refractivity contribution in [2.24, 2.45) is 0 Å². The Morgan fingerprint density at radius 1 is 1.12 bits per heavy atom. The Kier molecular flexibility index (Phi) is 5.90. The van der Waals surface area contributed by atoms with Gasteiger partial charge in [0.05, 0.1) is 5.25 Å². The van der Waals surface area contributed by atoms with E-state index >= 15 is 0 Å². The van der Waals surface area contributed by atoms with E-state index in [4.69, 9.17) is 23.7 Å². The molecule has 0 aliphatic carbocycles. The van der Waals surface area contributed by atoms with Crippen molar-refractivity contribution in [3.8, 4) is 0 Å². The minimum absolute atomic E-state index is 0.128. The fourth-order valence-electron chi connectivity index (χ4n) is 2.74. The van der Waals surface area contributed by atoms with Crippen LogP contribution < -0.4 is 0 Å². The largest absolute Gasteiger partial charge is 0.462 e. The summed E-state index contributed by atoms with van der Waals surface area (Å²) < 4.78 is 27.5. The Balaban J connectivity index is 2.19. The van der Waals surface area contributed by atoms with Gasteiger partial charge in [0.2, 0.25) is 0 Å². The molecule has 2 heterocycles. The molecule has 0 spiro atoms. The average molecular weight is 362 g/mol. The van der Waals surface area contributed by atoms with Crippen LogP contribution in [-0.4, -0.2) is 59.3 Å². The van der Waals surface area contributed by atoms with Crippen LogP contribution in [0.1, 0.15) is 34.6 Å². The SMILES string of the molecule is CC(=O)OCC(OC(C)=O)C1OC2OC(C)(C)OC2C1SC(C)=O. The molecule has 2 fully saturated rings. The Bertz CT molecular complexity index is 520. The summed E-state index contributed by atoms with van der Waals surface area (Å²) in [6.45, 7) is 7.27. The van der Waals surface area contributed by atoms with E-state index in [1.165, 1.54) is 20.8 Å². The zero-order valence-electron chi connectivity index (χ0n) is 14.3. The number of rotatable bonds is 5. The molecule has 5 unspecified atom stereocenters. The van der Waals surface area contributed by atoms with Gasteiger partial charge < -0.3 is 23.7 Å². The molecule has 24 heavy (non-hydrogen) atoms. The van der Waals surface area contributed by atoms with Crippen LogP contribution in [0.4, 0.5) is 0 Å². The van der Waals surface area contributed by atoms with Gasteiger partial charge in [0, 0.05) is 20.8 Å². The molecular weight excluding hydrogens is 340 g/mol. The van der Waals surface area contributed by atoms with Gasteiger partial charge in [-0.2, -0.15) is 0 Å². The molecule has 2 aliphatic heterocycles. The Labute approximate surface area is 144 Å². The molecule has 0 bridgehead atoms. The summed E-state index contributed by atoms with van der Waals surface area (Å²) in [6, 6.07) is 0. The predicted molar refractivity (Wildman–Crippen MR) is 82.9 cm³/mol. The van der Waals surface area contributed by atoms with Crippen molar-refractivity contribution >= 4 is 28.8 Å². The number of thioether (sulfide) groups is 1. The molecule has 0 aromatic heterocycles. The maximum absolute atomic E-state index is 11.6. The third-order valence-electron chi connectivity index (χ3n) is 3.46. The lowest BCUT2D eigenvalue weighted by atomic mass is 10.1. The van der Waals surface area contributed by atoms with E-state index < -0.39 is 47.6 Å². The van der Waals surface area contributed by atoms with E-state index in [0.717, 1.165) is 11.8 Å². The van der Waals surface area contributed by atoms with Gasteiger partial charge in [0.1, 0.15) is 18.8 Å². The molecule has 0 aromatic rings. The highest BCUT2D eigenvalue weighted by Gasteiger charge is 2.57. The molecule has 2 aliphatic rings. The summed E-state index contributed by atoms with van der Waals surface area (Å²) in [6.07, 6.45) is -2.73. The first-order valence-corrected chi connectivity index (χ1v) is 8.46. The lowest BCUT2D eigenvalue weighted by Gasteiger charge is -2.29. The van der Waals surface area contributed by atoms with E-state index in [2.05, 4.69) is 0 Å². The van der Waals surface area contributed by atoms with Gasteiger partial charge in [0.15, 0.2) is 23.3 Å². The summed E-state index contributed by atoms with van der Waals surface area (Å²) in [5.41, 5.74) is 0. The van der Waals surface area contributed by atoms with Crippen molar-refractivity contribution in [3.05, 3.63) is 0 Å². The summed E-state index contributed by atoms with van der Waals surface area (Å²) in [7, 11) is 0. The smallest absolute Gasteiger partial charge is 0.303 e. The van der Waals surface area contributed by atoms with Gasteiger partial charge in [0.25, 0.3) is 0 Å². The number of hydrogen-bond acceptors (Lipinski definition) is 9. The highest BCUT2D eigenvalue weighted by molar-refractivity contribution is 8.14. The Hall–Kier alpha value is -1.16. The van der Waals surface area contributed by atoms with Gasteiger partial charge in [-0.1, -0.05) is 11.8 Å². The second-order valence-electron chi connectivity index (χ2n) is 6.09. The maximum Gasteiger partial charge on any atom is 0.303 e. The van der Waals surface area contributed by atoms with Crippen molar-refractivity contribution in [1.82, 2.24) is 0 Å². The molecule has 0 amide bonds. The fourth-order valence-corrected chi connectivity index (χ4v) is 3.81. The number of hydrogen-bond donors (Lipinski definition) is 0. The second kappa shape index (κ2) is 7.38. The molecule has 136 valence electrons. The van der Waals surface area contributed by atoms with Crippen LogP contribution in [0.25, 0.3) is 0 Å². The molecule has 2 rings (SSSR count). The maximum atomic E-state index is 11.6. The van der Waals surface area contributed by atoms with Crippen LogP contribution in [0.5, 0.6) is 0 Å². The normalized spacial score (nSPS) is 32.0. The van der Waals surface area contributed by atoms with Gasteiger partial charge in [-0.3, -0.25) is 14.4 Å². The Morgan fingerprint density at radius 3 is 2.33 bits per heavy atom. The number of esters is 2. The van der Waals surface area contributed by atoms with E-state index in [0.29, 0.717) is 0 Å². The van der Waals surface area contributed by atoms with Gasteiger partial charge in [-0.25, -0.2) is 0 Å². The summed E-state index contributed by atoms with van der Waals surface area (Å²) in [5, 5.41) is -0.578. The van der Waals surface area contributed by atoms with E-state index in [1.54, 1.807) is 13.8 Å². The quantitative estimate of drug-likeness (QED) is 0.664. The van der Waals surface area contributed by atoms with Crippen molar-refractivity contribution in [2.75, 3.05) is 6.61 Å². The molecule has 2 saturated heterocycles. The minimum atomic E-state index is -0.857. The highest BCUT2D eigenvalue weighted by Crippen LogP contribution is 2.43. The van der Waals surface area contributed by atoms with Crippen LogP contribution in [-0.2, 0) is 38.1 Å². The van der Waals surface area contributed by atoms with E-state index in [-0.39, 0.29) is 11.7 Å². The monoisotopic (exact) mass is 362 g/mol. The van der Waals surface area contributed by atoms with Crippen LogP contribution in [0.15, 0.2) is 0 Å². The lowest BCUT2D eigenvalue weighted by molar-refractivity contribution is -0.219. The molecule has 0 saturated carbocycles. The standard InChI is InChI=1S/C15H22O8S/c1-7(16)19-6-10(20-8(2)17)11-13(24-9(3)18)12-14(21-11)23-15(4,5)22-12/h10-14H,6H2,1-5H3. The molecular formula is C15H22O8S. The Morgan fingerprint density at radius 2 is 1.79 bits per heavy atom. The van der Waals surface area contributed by atoms with Crippen molar-refractivity contribution in [3.63, 3.8) is 0 Å². The molecule has 0 aromatic carbocycles. The zero-order chi connectivity index (χ0) is 18.1. The first-order valence-electron chi connectivity index (χ1n) is 7.58. The minimum Gasteiger partial charge on any atom is -0.462 e. The summed E-state index contributed by atoms with van der Waals surface area (Å²) >= 11 is 1.04. The first kappa shape index (κ1) is 19.2. The van der Waals surface area contributed by atoms with Crippen LogP contribution in [0, 0.1) is 0 Å². The zero-order valence-corrected chi connectivity index (χ0v) is 15.1. The van der Waals surface area contributed by atoms with Crippen LogP contribution in [0.3, 0.4) is 0 Å². The number of carbonyl (C=O) groups excluding carboxylic acids is 3. The van der Waals surface area contributed by atoms with Crippen molar-refractivity contribution in [1.29, 1.82) is 0 Å². The van der Waals surface area contributed by atoms with Gasteiger partial charge >= 0.3 is 11.9 Å². The van der Waals surface area contributed by atoms with Crippen LogP contribution in [0.2, 0.25) is 0 Å². The first-order chi connectivity index (χ1) is 11.1. The molecule has 9 heteroatoms. The van der Waals surface area contributed by atoms with E-state index in [1.807, 2.05) is 0 Å². The highest BCUT2D eigenvalue weighted by atomic mass is 32.2. The van der Waals surface area contributed by atoms with Gasteiger partial charge in [-0.05, 0) is 13.8 Å². The van der Waals surface area contributed by atoms with Crippen molar-refractivity contribution in [2.45, 2.75) is 70.3 Å². The summed E-state index contributed by atoms with van der Waals surface area (Å²) in [5.74, 6) is -1.88. The number of carbonyl (C=O) groups is 3. The molecule has 0 radical (unpaired) electrons. The predicted octanol–water partition coefficient (Wildman–Crippen LogP) is 1.01. The topological polar surface area (TPSA) is 97.4 Å². The average Bonchev–Trinajstić information content (AvgIpc) is 2.87. The molecule has 8 nitrogen and oxygen atoms in total. The second-order valence-corrected chi connectivity index (χ2v) is 7.45. The lowest BCUT2D eigenvalue weighted by Crippen LogP contribution is -2.44. The summed E-state index contributed by atoms with van der Waals surface area (Å²) in [4.78, 5) is 34.1. The number of fused-ring (bicyclic) bond motifs is 1. The third-order valence-corrected chi connectivity index (χ3v) is 4.60. The van der Waals surface area contributed by atoms with Gasteiger partial charge in [-0.15, -0.1) is 0 Å². The van der Waals surface area contributed by atoms with Crippen LogP contribution >= 0.6 is 11.8 Å². The number of ether oxygens (including phenoxy) is 5.